The number of nitriles is 1. The number of nitrogens with zero attached hydrogens (tertiary/aromatic N) is 4. The highest BCUT2D eigenvalue weighted by molar-refractivity contribution is 8.01. The largest absolute Gasteiger partial charge is 0.384 e. The van der Waals surface area contributed by atoms with E-state index in [1.54, 1.807) is 4.90 Å². The number of hydrogen-bond donors (Lipinski definition) is 2. The zero-order valence-electron chi connectivity index (χ0n) is 20.1. The van der Waals surface area contributed by atoms with Crippen LogP contribution in [-0.4, -0.2) is 27.6 Å². The number of aryl methyl sites for hydroxylation is 1. The van der Waals surface area contributed by atoms with Crippen LogP contribution in [0.25, 0.3) is 0 Å². The lowest BCUT2D eigenvalue weighted by Crippen LogP contribution is -2.38. The van der Waals surface area contributed by atoms with E-state index < -0.39 is 5.92 Å². The van der Waals surface area contributed by atoms with Crippen molar-refractivity contribution in [2.75, 3.05) is 16.0 Å². The standard InChI is InChI=1S/C27H24N6O2S2/c1-16-7-5-10-18(13-16)30-22(35)15-36-27-32-31-26(37-27)33-20-11-6-12-21(34)24(20)23(19(14-28)25(33)29)17-8-3-2-4-9-17/h2-5,7-10,13,23H,6,11-12,15,29H2,1H3,(H,30,35). The van der Waals surface area contributed by atoms with Gasteiger partial charge in [-0.3, -0.25) is 14.5 Å². The fourth-order valence-corrected chi connectivity index (χ4v) is 6.36. The van der Waals surface area contributed by atoms with Crippen molar-refractivity contribution in [2.24, 2.45) is 5.73 Å². The van der Waals surface area contributed by atoms with Gasteiger partial charge in [-0.2, -0.15) is 5.26 Å². The number of thioether (sulfide) groups is 1. The predicted octanol–water partition coefficient (Wildman–Crippen LogP) is 4.88. The SMILES string of the molecule is Cc1cccc(NC(=O)CSc2nnc(N3C(N)=C(C#N)C(c4ccccc4)C4=C3CCCC4=O)s2)c1. The molecule has 2 heterocycles. The van der Waals surface area contributed by atoms with Crippen molar-refractivity contribution in [3.63, 3.8) is 0 Å². The average molecular weight is 529 g/mol. The van der Waals surface area contributed by atoms with Crippen molar-refractivity contribution in [3.05, 3.63) is 88.4 Å². The van der Waals surface area contributed by atoms with E-state index in [0.717, 1.165) is 22.5 Å². The van der Waals surface area contributed by atoms with E-state index in [-0.39, 0.29) is 23.3 Å². The number of Topliss-reactive ketones (excluding diaryl/α,β-unsaturated/α-hetero) is 1. The van der Waals surface area contributed by atoms with Gasteiger partial charge in [0.2, 0.25) is 11.0 Å². The first-order chi connectivity index (χ1) is 18.0. The molecule has 2 aliphatic rings. The van der Waals surface area contributed by atoms with Crippen LogP contribution in [0, 0.1) is 18.3 Å². The molecule has 10 heteroatoms. The fraction of sp³-hybridized carbons (Fsp3) is 0.222. The summed E-state index contributed by atoms with van der Waals surface area (Å²) in [5, 5.41) is 22.0. The molecule has 1 unspecified atom stereocenters. The summed E-state index contributed by atoms with van der Waals surface area (Å²) in [6, 6.07) is 19.4. The first-order valence-corrected chi connectivity index (χ1v) is 13.6. The van der Waals surface area contributed by atoms with Gasteiger partial charge in [0.15, 0.2) is 10.1 Å². The molecule has 0 spiro atoms. The predicted molar refractivity (Wildman–Crippen MR) is 145 cm³/mol. The number of benzene rings is 2. The van der Waals surface area contributed by atoms with Crippen molar-refractivity contribution in [3.8, 4) is 6.07 Å². The molecule has 0 saturated carbocycles. The molecule has 186 valence electrons. The van der Waals surface area contributed by atoms with Crippen molar-refractivity contribution >= 4 is 45.6 Å². The lowest BCUT2D eigenvalue weighted by atomic mass is 9.76. The molecule has 1 amide bonds. The summed E-state index contributed by atoms with van der Waals surface area (Å²) in [4.78, 5) is 27.3. The van der Waals surface area contributed by atoms with Gasteiger partial charge < -0.3 is 11.1 Å². The van der Waals surface area contributed by atoms with Gasteiger partial charge in [-0.05, 0) is 43.0 Å². The Balaban J connectivity index is 1.41. The fourth-order valence-electron chi connectivity index (χ4n) is 4.68. The zero-order valence-corrected chi connectivity index (χ0v) is 21.7. The molecule has 0 saturated heterocycles. The summed E-state index contributed by atoms with van der Waals surface area (Å²) in [6.07, 6.45) is 1.77. The molecular formula is C27H24N6O2S2. The molecule has 3 aromatic rings. The second-order valence-electron chi connectivity index (χ2n) is 8.78. The molecule has 5 rings (SSSR count). The Bertz CT molecular complexity index is 1470. The molecule has 0 bridgehead atoms. The van der Waals surface area contributed by atoms with E-state index in [0.29, 0.717) is 39.9 Å². The van der Waals surface area contributed by atoms with E-state index in [1.165, 1.54) is 23.1 Å². The lowest BCUT2D eigenvalue weighted by molar-refractivity contribution is -0.116. The van der Waals surface area contributed by atoms with Gasteiger partial charge in [-0.1, -0.05) is 65.6 Å². The highest BCUT2D eigenvalue weighted by Gasteiger charge is 2.41. The van der Waals surface area contributed by atoms with Crippen LogP contribution in [0.2, 0.25) is 0 Å². The molecule has 0 fully saturated rings. The molecule has 8 nitrogen and oxygen atoms in total. The maximum atomic E-state index is 13.2. The summed E-state index contributed by atoms with van der Waals surface area (Å²) >= 11 is 2.55. The minimum absolute atomic E-state index is 0.0206. The second kappa shape index (κ2) is 10.6. The highest BCUT2D eigenvalue weighted by Crippen LogP contribution is 2.47. The first kappa shape index (κ1) is 24.7. The summed E-state index contributed by atoms with van der Waals surface area (Å²) in [5.74, 6) is -0.204. The van der Waals surface area contributed by atoms with Crippen LogP contribution < -0.4 is 16.0 Å². The van der Waals surface area contributed by atoms with Crippen LogP contribution in [0.4, 0.5) is 10.8 Å². The number of nitrogens with one attached hydrogen (secondary N) is 1. The van der Waals surface area contributed by atoms with Gasteiger partial charge in [0, 0.05) is 23.4 Å². The zero-order chi connectivity index (χ0) is 25.9. The number of amides is 1. The van der Waals surface area contributed by atoms with Crippen molar-refractivity contribution in [1.29, 1.82) is 5.26 Å². The Labute approximate surface area is 222 Å². The number of allylic oxidation sites excluding steroid dienone is 3. The quantitative estimate of drug-likeness (QED) is 0.434. The van der Waals surface area contributed by atoms with Gasteiger partial charge in [0.1, 0.15) is 5.82 Å². The van der Waals surface area contributed by atoms with Crippen LogP contribution in [0.5, 0.6) is 0 Å². The molecule has 1 atom stereocenters. The number of rotatable bonds is 6. The smallest absolute Gasteiger partial charge is 0.234 e. The maximum absolute atomic E-state index is 13.2. The normalized spacial score (nSPS) is 17.5. The van der Waals surface area contributed by atoms with E-state index in [9.17, 15) is 14.9 Å². The molecular weight excluding hydrogens is 504 g/mol. The van der Waals surface area contributed by atoms with Gasteiger partial charge in [-0.25, -0.2) is 0 Å². The third-order valence-corrected chi connectivity index (χ3v) is 8.30. The second-order valence-corrected chi connectivity index (χ2v) is 11.0. The third-order valence-electron chi connectivity index (χ3n) is 6.26. The van der Waals surface area contributed by atoms with Crippen LogP contribution in [-0.2, 0) is 9.59 Å². The molecule has 1 aromatic heterocycles. The molecule has 37 heavy (non-hydrogen) atoms. The van der Waals surface area contributed by atoms with E-state index in [1.807, 2.05) is 61.5 Å². The van der Waals surface area contributed by atoms with E-state index in [2.05, 4.69) is 21.6 Å². The lowest BCUT2D eigenvalue weighted by Gasteiger charge is -2.38. The Morgan fingerprint density at radius 2 is 2.03 bits per heavy atom. The minimum atomic E-state index is -0.502. The number of nitrogens with two attached hydrogens (primary N) is 1. The van der Waals surface area contributed by atoms with Crippen LogP contribution in [0.15, 0.2) is 81.6 Å². The van der Waals surface area contributed by atoms with Gasteiger partial charge in [0.05, 0.1) is 23.3 Å². The number of hydrogen-bond acceptors (Lipinski definition) is 9. The summed E-state index contributed by atoms with van der Waals surface area (Å²) < 4.78 is 0.593. The Kier molecular flexibility index (Phi) is 7.08. The molecule has 1 aliphatic heterocycles. The number of aromatic nitrogens is 2. The number of carbonyl (C=O) groups is 2. The van der Waals surface area contributed by atoms with Gasteiger partial charge >= 0.3 is 0 Å². The Morgan fingerprint density at radius 1 is 1.22 bits per heavy atom. The first-order valence-electron chi connectivity index (χ1n) is 11.8. The van der Waals surface area contributed by atoms with Crippen LogP contribution in [0.1, 0.15) is 36.3 Å². The highest BCUT2D eigenvalue weighted by atomic mass is 32.2. The number of anilines is 2. The topological polar surface area (TPSA) is 125 Å². The maximum Gasteiger partial charge on any atom is 0.234 e. The molecule has 3 N–H and O–H groups in total. The van der Waals surface area contributed by atoms with Crippen molar-refractivity contribution in [2.45, 2.75) is 36.4 Å². The van der Waals surface area contributed by atoms with Crippen molar-refractivity contribution in [1.82, 2.24) is 10.2 Å². The number of carbonyl (C=O) groups excluding carboxylic acids is 2. The minimum Gasteiger partial charge on any atom is -0.384 e. The van der Waals surface area contributed by atoms with Gasteiger partial charge in [-0.15, -0.1) is 10.2 Å². The summed E-state index contributed by atoms with van der Waals surface area (Å²) in [6.45, 7) is 1.97. The summed E-state index contributed by atoms with van der Waals surface area (Å²) in [7, 11) is 0. The Morgan fingerprint density at radius 3 is 2.78 bits per heavy atom. The van der Waals surface area contributed by atoms with Crippen LogP contribution >= 0.6 is 23.1 Å². The molecule has 2 aromatic carbocycles. The van der Waals surface area contributed by atoms with Gasteiger partial charge in [0.25, 0.3) is 0 Å². The molecule has 1 aliphatic carbocycles. The van der Waals surface area contributed by atoms with Crippen molar-refractivity contribution < 1.29 is 9.59 Å². The average Bonchev–Trinajstić information content (AvgIpc) is 3.36. The Hall–Kier alpha value is -3.94. The monoisotopic (exact) mass is 528 g/mol. The van der Waals surface area contributed by atoms with Crippen LogP contribution in [0.3, 0.4) is 0 Å². The van der Waals surface area contributed by atoms with E-state index >= 15 is 0 Å². The number of ketones is 1. The van der Waals surface area contributed by atoms with E-state index in [4.69, 9.17) is 5.73 Å². The summed E-state index contributed by atoms with van der Waals surface area (Å²) in [5.41, 5.74) is 10.9. The third kappa shape index (κ3) is 5.01. The molecule has 0 radical (unpaired) electrons.